The Morgan fingerprint density at radius 1 is 1.25 bits per heavy atom. The van der Waals surface area contributed by atoms with Crippen LogP contribution in [-0.4, -0.2) is 28.6 Å². The maximum absolute atomic E-state index is 13.2. The zero-order chi connectivity index (χ0) is 19.8. The Balaban J connectivity index is 1.80. The molecule has 1 aliphatic heterocycles. The van der Waals surface area contributed by atoms with Crippen molar-refractivity contribution in [1.82, 2.24) is 9.78 Å². The lowest BCUT2D eigenvalue weighted by Crippen LogP contribution is -2.28. The van der Waals surface area contributed by atoms with Crippen molar-refractivity contribution in [3.05, 3.63) is 70.4 Å². The van der Waals surface area contributed by atoms with Gasteiger partial charge in [0.05, 0.1) is 24.4 Å². The fourth-order valence-corrected chi connectivity index (χ4v) is 3.64. The van der Waals surface area contributed by atoms with Crippen molar-refractivity contribution in [2.75, 3.05) is 12.4 Å². The maximum atomic E-state index is 13.2. The van der Waals surface area contributed by atoms with E-state index in [1.165, 1.54) is 0 Å². The van der Waals surface area contributed by atoms with E-state index in [-0.39, 0.29) is 18.1 Å². The molecule has 7 heteroatoms. The van der Waals surface area contributed by atoms with Gasteiger partial charge in [0.25, 0.3) is 0 Å². The largest absolute Gasteiger partial charge is 0.497 e. The van der Waals surface area contributed by atoms with E-state index in [1.54, 1.807) is 48.2 Å². The van der Waals surface area contributed by atoms with Crippen LogP contribution in [0, 0.1) is 6.92 Å². The van der Waals surface area contributed by atoms with E-state index in [0.717, 1.165) is 11.3 Å². The lowest BCUT2D eigenvalue weighted by molar-refractivity contribution is -0.116. The molecule has 2 aromatic carbocycles. The highest BCUT2D eigenvalue weighted by molar-refractivity contribution is 6.30. The summed E-state index contributed by atoms with van der Waals surface area (Å²) < 4.78 is 6.86. The number of ketones is 1. The van der Waals surface area contributed by atoms with Crippen molar-refractivity contribution >= 4 is 29.1 Å². The highest BCUT2D eigenvalue weighted by Crippen LogP contribution is 2.38. The number of fused-ring (bicyclic) bond motifs is 1. The first kappa shape index (κ1) is 18.3. The number of ether oxygens (including phenoxy) is 1. The van der Waals surface area contributed by atoms with Crippen molar-refractivity contribution in [3.63, 3.8) is 0 Å². The number of nitrogens with one attached hydrogen (secondary N) is 1. The number of carbonyl (C=O) groups is 2. The van der Waals surface area contributed by atoms with E-state index in [2.05, 4.69) is 10.4 Å². The van der Waals surface area contributed by atoms with Gasteiger partial charge < -0.3 is 10.1 Å². The van der Waals surface area contributed by atoms with Crippen molar-refractivity contribution in [1.29, 1.82) is 0 Å². The third-order valence-electron chi connectivity index (χ3n) is 4.84. The molecule has 28 heavy (non-hydrogen) atoms. The Labute approximate surface area is 167 Å². The van der Waals surface area contributed by atoms with Crippen LogP contribution in [0.2, 0.25) is 5.02 Å². The molecule has 2 heterocycles. The SMILES string of the molecule is COc1cccc(C(=O)C2CC(=O)Nc3c2c(C)nn3-c2ccc(Cl)cc2)c1. The number of amides is 1. The average molecular weight is 396 g/mol. The van der Waals surface area contributed by atoms with Crippen LogP contribution in [0.5, 0.6) is 5.75 Å². The molecule has 1 N–H and O–H groups in total. The highest BCUT2D eigenvalue weighted by atomic mass is 35.5. The van der Waals surface area contributed by atoms with Gasteiger partial charge in [-0.25, -0.2) is 4.68 Å². The maximum Gasteiger partial charge on any atom is 0.226 e. The van der Waals surface area contributed by atoms with Gasteiger partial charge in [0.2, 0.25) is 5.91 Å². The van der Waals surface area contributed by atoms with Gasteiger partial charge in [-0.05, 0) is 43.3 Å². The number of anilines is 1. The number of carbonyl (C=O) groups excluding carboxylic acids is 2. The number of aryl methyl sites for hydroxylation is 1. The normalized spacial score (nSPS) is 15.7. The molecule has 4 rings (SSSR count). The number of aromatic nitrogens is 2. The van der Waals surface area contributed by atoms with E-state index in [4.69, 9.17) is 16.3 Å². The first-order valence-corrected chi connectivity index (χ1v) is 9.19. The first-order valence-electron chi connectivity index (χ1n) is 8.81. The molecule has 0 saturated carbocycles. The summed E-state index contributed by atoms with van der Waals surface area (Å²) in [6.45, 7) is 1.84. The zero-order valence-electron chi connectivity index (χ0n) is 15.4. The summed E-state index contributed by atoms with van der Waals surface area (Å²) in [6.07, 6.45) is 0.0796. The Bertz CT molecular complexity index is 1070. The molecule has 0 aliphatic carbocycles. The van der Waals surface area contributed by atoms with E-state index >= 15 is 0 Å². The van der Waals surface area contributed by atoms with Gasteiger partial charge in [-0.1, -0.05) is 23.7 Å². The highest BCUT2D eigenvalue weighted by Gasteiger charge is 2.36. The number of rotatable bonds is 4. The Kier molecular flexibility index (Phi) is 4.65. The lowest BCUT2D eigenvalue weighted by Gasteiger charge is -2.23. The number of halogens is 1. The number of nitrogens with zero attached hydrogens (tertiary/aromatic N) is 2. The van der Waals surface area contributed by atoms with Crippen molar-refractivity contribution in [2.24, 2.45) is 0 Å². The molecule has 1 aromatic heterocycles. The monoisotopic (exact) mass is 395 g/mol. The van der Waals surface area contributed by atoms with Gasteiger partial charge in [0, 0.05) is 22.6 Å². The number of hydrogen-bond acceptors (Lipinski definition) is 4. The molecule has 0 radical (unpaired) electrons. The van der Waals surface area contributed by atoms with Crippen LogP contribution < -0.4 is 10.1 Å². The molecule has 0 spiro atoms. The molecule has 0 saturated heterocycles. The standard InChI is InChI=1S/C21H18ClN3O3/c1-12-19-17(20(27)13-4-3-5-16(10-13)28-2)11-18(26)23-21(19)25(24-12)15-8-6-14(22)7-9-15/h3-10,17H,11H2,1-2H3,(H,23,26). The van der Waals surface area contributed by atoms with Gasteiger partial charge in [-0.3, -0.25) is 9.59 Å². The zero-order valence-corrected chi connectivity index (χ0v) is 16.2. The first-order chi connectivity index (χ1) is 13.5. The third-order valence-corrected chi connectivity index (χ3v) is 5.10. The molecule has 1 unspecified atom stereocenters. The average Bonchev–Trinajstić information content (AvgIpc) is 3.03. The second kappa shape index (κ2) is 7.13. The molecule has 142 valence electrons. The topological polar surface area (TPSA) is 73.2 Å². The lowest BCUT2D eigenvalue weighted by atomic mass is 9.85. The summed E-state index contributed by atoms with van der Waals surface area (Å²) in [4.78, 5) is 25.6. The van der Waals surface area contributed by atoms with Gasteiger partial charge in [0.15, 0.2) is 5.78 Å². The molecule has 1 atom stereocenters. The second-order valence-corrected chi connectivity index (χ2v) is 7.07. The van der Waals surface area contributed by atoms with Crippen LogP contribution in [0.4, 0.5) is 5.82 Å². The van der Waals surface area contributed by atoms with Crippen LogP contribution in [-0.2, 0) is 4.79 Å². The molecule has 3 aromatic rings. The summed E-state index contributed by atoms with van der Waals surface area (Å²) in [5, 5.41) is 8.05. The van der Waals surface area contributed by atoms with Crippen molar-refractivity contribution < 1.29 is 14.3 Å². The number of methoxy groups -OCH3 is 1. The summed E-state index contributed by atoms with van der Waals surface area (Å²) in [6, 6.07) is 14.1. The van der Waals surface area contributed by atoms with Crippen LogP contribution in [0.3, 0.4) is 0 Å². The Morgan fingerprint density at radius 3 is 2.71 bits per heavy atom. The van der Waals surface area contributed by atoms with Crippen LogP contribution in [0.15, 0.2) is 48.5 Å². The van der Waals surface area contributed by atoms with Crippen molar-refractivity contribution in [2.45, 2.75) is 19.3 Å². The second-order valence-electron chi connectivity index (χ2n) is 6.64. The summed E-state index contributed by atoms with van der Waals surface area (Å²) in [5.41, 5.74) is 2.70. The smallest absolute Gasteiger partial charge is 0.226 e. The summed E-state index contributed by atoms with van der Waals surface area (Å²) in [5.74, 6) is 0.173. The van der Waals surface area contributed by atoms with Crippen LogP contribution in [0.1, 0.15) is 34.0 Å². The summed E-state index contributed by atoms with van der Waals surface area (Å²) >= 11 is 5.97. The molecular weight excluding hydrogens is 378 g/mol. The van der Waals surface area contributed by atoms with E-state index in [0.29, 0.717) is 27.8 Å². The quantitative estimate of drug-likeness (QED) is 0.673. The van der Waals surface area contributed by atoms with Gasteiger partial charge >= 0.3 is 0 Å². The van der Waals surface area contributed by atoms with Gasteiger partial charge in [0.1, 0.15) is 11.6 Å². The van der Waals surface area contributed by atoms with E-state index in [1.807, 2.05) is 19.1 Å². The third kappa shape index (κ3) is 3.16. The molecule has 1 aliphatic rings. The molecule has 6 nitrogen and oxygen atoms in total. The van der Waals surface area contributed by atoms with Gasteiger partial charge in [-0.2, -0.15) is 5.10 Å². The minimum absolute atomic E-state index is 0.0796. The minimum Gasteiger partial charge on any atom is -0.497 e. The fraction of sp³-hybridized carbons (Fsp3) is 0.190. The molecule has 0 fully saturated rings. The minimum atomic E-state index is -0.600. The van der Waals surface area contributed by atoms with E-state index in [9.17, 15) is 9.59 Å². The van der Waals surface area contributed by atoms with Crippen LogP contribution in [0.25, 0.3) is 5.69 Å². The molecule has 0 bridgehead atoms. The molecule has 1 amide bonds. The predicted octanol–water partition coefficient (Wildman–Crippen LogP) is 4.15. The fourth-order valence-electron chi connectivity index (χ4n) is 3.52. The van der Waals surface area contributed by atoms with Crippen LogP contribution >= 0.6 is 11.6 Å². The number of benzene rings is 2. The van der Waals surface area contributed by atoms with E-state index < -0.39 is 5.92 Å². The summed E-state index contributed by atoms with van der Waals surface area (Å²) in [7, 11) is 1.55. The Morgan fingerprint density at radius 2 is 2.00 bits per heavy atom. The number of Topliss-reactive ketones (excluding diaryl/α,β-unsaturated/α-hetero) is 1. The van der Waals surface area contributed by atoms with Gasteiger partial charge in [-0.15, -0.1) is 0 Å². The molecular formula is C21H18ClN3O3. The number of hydrogen-bond donors (Lipinski definition) is 1. The Hall–Kier alpha value is -3.12. The van der Waals surface area contributed by atoms with Crippen molar-refractivity contribution in [3.8, 4) is 11.4 Å². The predicted molar refractivity (Wildman–Crippen MR) is 107 cm³/mol.